The standard InChI is InChI=1S/C21H22O5/c1-3-14(2)20(15-7-5-4-6-8-15)21(23)24-12-17(22)16-9-10-18-19(11-16)26-13-25-18/h4-11,14,20H,3,12-13H2,1-2H3/t14-,20-/m0/s1. The van der Waals surface area contributed by atoms with E-state index in [-0.39, 0.29) is 37.0 Å². The van der Waals surface area contributed by atoms with E-state index >= 15 is 0 Å². The van der Waals surface area contributed by atoms with Crippen molar-refractivity contribution in [3.8, 4) is 11.5 Å². The predicted molar refractivity (Wildman–Crippen MR) is 96.5 cm³/mol. The van der Waals surface area contributed by atoms with Gasteiger partial charge in [0, 0.05) is 5.56 Å². The van der Waals surface area contributed by atoms with Crippen LogP contribution in [0.4, 0.5) is 0 Å². The molecule has 0 fully saturated rings. The quantitative estimate of drug-likeness (QED) is 0.556. The first-order chi connectivity index (χ1) is 12.6. The van der Waals surface area contributed by atoms with Gasteiger partial charge >= 0.3 is 5.97 Å². The third-order valence-corrected chi connectivity index (χ3v) is 4.67. The lowest BCUT2D eigenvalue weighted by Gasteiger charge is -2.21. The summed E-state index contributed by atoms with van der Waals surface area (Å²) in [7, 11) is 0. The zero-order chi connectivity index (χ0) is 18.5. The van der Waals surface area contributed by atoms with E-state index in [2.05, 4.69) is 0 Å². The molecule has 2 aromatic rings. The van der Waals surface area contributed by atoms with Gasteiger partial charge in [-0.3, -0.25) is 9.59 Å². The summed E-state index contributed by atoms with van der Waals surface area (Å²) in [4.78, 5) is 25.0. The van der Waals surface area contributed by atoms with Gasteiger partial charge < -0.3 is 14.2 Å². The van der Waals surface area contributed by atoms with Crippen LogP contribution in [0, 0.1) is 5.92 Å². The molecule has 0 unspecified atom stereocenters. The molecule has 3 rings (SSSR count). The first-order valence-corrected chi connectivity index (χ1v) is 8.74. The van der Waals surface area contributed by atoms with Crippen molar-refractivity contribution in [2.75, 3.05) is 13.4 Å². The molecule has 2 atom stereocenters. The Morgan fingerprint density at radius 2 is 1.81 bits per heavy atom. The number of ketones is 1. The second-order valence-electron chi connectivity index (χ2n) is 6.37. The summed E-state index contributed by atoms with van der Waals surface area (Å²) in [6.45, 7) is 3.90. The molecule has 0 bridgehead atoms. The average Bonchev–Trinajstić information content (AvgIpc) is 3.14. The van der Waals surface area contributed by atoms with Crippen LogP contribution in [0.2, 0.25) is 0 Å². The number of hydrogen-bond acceptors (Lipinski definition) is 5. The van der Waals surface area contributed by atoms with Crippen molar-refractivity contribution < 1.29 is 23.8 Å². The molecule has 5 heteroatoms. The summed E-state index contributed by atoms with van der Waals surface area (Å²) in [5, 5.41) is 0. The largest absolute Gasteiger partial charge is 0.457 e. The van der Waals surface area contributed by atoms with E-state index in [0.717, 1.165) is 12.0 Å². The van der Waals surface area contributed by atoms with E-state index in [4.69, 9.17) is 14.2 Å². The maximum absolute atomic E-state index is 12.6. The molecule has 1 heterocycles. The number of fused-ring (bicyclic) bond motifs is 1. The van der Waals surface area contributed by atoms with Crippen molar-refractivity contribution >= 4 is 11.8 Å². The molecule has 0 radical (unpaired) electrons. The van der Waals surface area contributed by atoms with Gasteiger partial charge in [0.25, 0.3) is 0 Å². The highest BCUT2D eigenvalue weighted by Gasteiger charge is 2.28. The van der Waals surface area contributed by atoms with E-state index in [9.17, 15) is 9.59 Å². The van der Waals surface area contributed by atoms with Crippen molar-refractivity contribution in [1.82, 2.24) is 0 Å². The van der Waals surface area contributed by atoms with Crippen molar-refractivity contribution in [1.29, 1.82) is 0 Å². The molecule has 0 amide bonds. The van der Waals surface area contributed by atoms with Gasteiger partial charge in [0.15, 0.2) is 23.9 Å². The molecule has 2 aromatic carbocycles. The summed E-state index contributed by atoms with van der Waals surface area (Å²) in [5.41, 5.74) is 1.34. The zero-order valence-electron chi connectivity index (χ0n) is 14.9. The number of rotatable bonds is 7. The smallest absolute Gasteiger partial charge is 0.314 e. The van der Waals surface area contributed by atoms with E-state index in [0.29, 0.717) is 17.1 Å². The van der Waals surface area contributed by atoms with Gasteiger partial charge in [-0.2, -0.15) is 0 Å². The van der Waals surface area contributed by atoms with Gasteiger partial charge in [-0.25, -0.2) is 0 Å². The lowest BCUT2D eigenvalue weighted by atomic mass is 9.85. The number of carbonyl (C=O) groups is 2. The molecular formula is C21H22O5. The van der Waals surface area contributed by atoms with Crippen molar-refractivity contribution in [3.63, 3.8) is 0 Å². The summed E-state index contributed by atoms with van der Waals surface area (Å²) in [6.07, 6.45) is 0.838. The van der Waals surface area contributed by atoms with Gasteiger partial charge in [0.05, 0.1) is 5.92 Å². The molecule has 1 aliphatic rings. The maximum atomic E-state index is 12.6. The molecule has 0 saturated carbocycles. The lowest BCUT2D eigenvalue weighted by molar-refractivity contribution is -0.145. The van der Waals surface area contributed by atoms with Crippen molar-refractivity contribution in [3.05, 3.63) is 59.7 Å². The van der Waals surface area contributed by atoms with Gasteiger partial charge in [-0.05, 0) is 29.7 Å². The Morgan fingerprint density at radius 1 is 1.08 bits per heavy atom. The molecule has 0 aromatic heterocycles. The van der Waals surface area contributed by atoms with E-state index < -0.39 is 0 Å². The van der Waals surface area contributed by atoms with E-state index in [1.165, 1.54) is 0 Å². The first-order valence-electron chi connectivity index (χ1n) is 8.74. The fourth-order valence-electron chi connectivity index (χ4n) is 2.97. The van der Waals surface area contributed by atoms with Crippen LogP contribution in [-0.2, 0) is 9.53 Å². The maximum Gasteiger partial charge on any atom is 0.314 e. The Kier molecular flexibility index (Phi) is 5.56. The Balaban J connectivity index is 1.67. The van der Waals surface area contributed by atoms with Gasteiger partial charge in [-0.15, -0.1) is 0 Å². The van der Waals surface area contributed by atoms with Crippen LogP contribution in [0.5, 0.6) is 11.5 Å². The first kappa shape index (κ1) is 18.0. The van der Waals surface area contributed by atoms with Crippen LogP contribution in [0.3, 0.4) is 0 Å². The number of benzene rings is 2. The molecule has 0 spiro atoms. The number of Topliss-reactive ketones (excluding diaryl/α,β-unsaturated/α-hetero) is 1. The van der Waals surface area contributed by atoms with Crippen LogP contribution in [0.25, 0.3) is 0 Å². The summed E-state index contributed by atoms with van der Waals surface area (Å²) < 4.78 is 15.9. The predicted octanol–water partition coefficient (Wildman–Crippen LogP) is 3.97. The minimum Gasteiger partial charge on any atom is -0.457 e. The average molecular weight is 354 g/mol. The molecule has 0 aliphatic carbocycles. The number of hydrogen-bond donors (Lipinski definition) is 0. The molecule has 26 heavy (non-hydrogen) atoms. The molecule has 5 nitrogen and oxygen atoms in total. The number of ether oxygens (including phenoxy) is 3. The summed E-state index contributed by atoms with van der Waals surface area (Å²) in [5.74, 6) is 0.229. The number of carbonyl (C=O) groups excluding carboxylic acids is 2. The highest BCUT2D eigenvalue weighted by atomic mass is 16.7. The number of esters is 1. The monoisotopic (exact) mass is 354 g/mol. The normalized spacial score (nSPS) is 14.5. The topological polar surface area (TPSA) is 61.8 Å². The van der Waals surface area contributed by atoms with Crippen LogP contribution >= 0.6 is 0 Å². The Bertz CT molecular complexity index is 784. The molecule has 0 saturated heterocycles. The summed E-state index contributed by atoms with van der Waals surface area (Å²) in [6, 6.07) is 14.5. The lowest BCUT2D eigenvalue weighted by Crippen LogP contribution is -2.24. The molecule has 136 valence electrons. The molecule has 0 N–H and O–H groups in total. The van der Waals surface area contributed by atoms with Crippen LogP contribution in [-0.4, -0.2) is 25.2 Å². The highest BCUT2D eigenvalue weighted by molar-refractivity contribution is 5.98. The Labute approximate surface area is 152 Å². The minimum absolute atomic E-state index is 0.116. The van der Waals surface area contributed by atoms with Crippen LogP contribution in [0.1, 0.15) is 42.1 Å². The van der Waals surface area contributed by atoms with Gasteiger partial charge in [0.2, 0.25) is 6.79 Å². The zero-order valence-corrected chi connectivity index (χ0v) is 14.9. The van der Waals surface area contributed by atoms with E-state index in [1.54, 1.807) is 18.2 Å². The molecular weight excluding hydrogens is 332 g/mol. The highest BCUT2D eigenvalue weighted by Crippen LogP contribution is 2.33. The van der Waals surface area contributed by atoms with Gasteiger partial charge in [0.1, 0.15) is 0 Å². The fraction of sp³-hybridized carbons (Fsp3) is 0.333. The second kappa shape index (κ2) is 8.04. The van der Waals surface area contributed by atoms with Crippen LogP contribution in [0.15, 0.2) is 48.5 Å². The van der Waals surface area contributed by atoms with E-state index in [1.807, 2.05) is 44.2 Å². The fourth-order valence-corrected chi connectivity index (χ4v) is 2.97. The minimum atomic E-state index is -0.384. The van der Waals surface area contributed by atoms with Crippen molar-refractivity contribution in [2.24, 2.45) is 5.92 Å². The van der Waals surface area contributed by atoms with Gasteiger partial charge in [-0.1, -0.05) is 50.6 Å². The molecule has 1 aliphatic heterocycles. The SMILES string of the molecule is CC[C@H](C)[C@H](C(=O)OCC(=O)c1ccc2c(c1)OCO2)c1ccccc1. The third-order valence-electron chi connectivity index (χ3n) is 4.67. The Hall–Kier alpha value is -2.82. The summed E-state index contributed by atoms with van der Waals surface area (Å²) >= 11 is 0. The van der Waals surface area contributed by atoms with Crippen molar-refractivity contribution in [2.45, 2.75) is 26.2 Å². The Morgan fingerprint density at radius 3 is 2.54 bits per heavy atom. The van der Waals surface area contributed by atoms with Crippen LogP contribution < -0.4 is 9.47 Å². The second-order valence-corrected chi connectivity index (χ2v) is 6.37. The third kappa shape index (κ3) is 3.87.